The number of hydrogen-bond donors (Lipinski definition) is 2. The smallest absolute Gasteiger partial charge is 0.258 e. The first kappa shape index (κ1) is 13.7. The van der Waals surface area contributed by atoms with Crippen molar-refractivity contribution in [3.63, 3.8) is 0 Å². The lowest BCUT2D eigenvalue weighted by Gasteiger charge is -2.08. The highest BCUT2D eigenvalue weighted by molar-refractivity contribution is 9.10. The number of nitrogens with zero attached hydrogens (tertiary/aromatic N) is 6. The first-order valence-corrected chi connectivity index (χ1v) is 6.87. The van der Waals surface area contributed by atoms with Crippen LogP contribution >= 0.6 is 27.5 Å². The highest BCUT2D eigenvalue weighted by Crippen LogP contribution is 2.27. The molecule has 3 rings (SSSR count). The molecule has 10 heteroatoms. The van der Waals surface area contributed by atoms with Gasteiger partial charge in [-0.15, -0.1) is 0 Å². The molecule has 0 saturated heterocycles. The first-order chi connectivity index (χ1) is 10.1. The maximum absolute atomic E-state index is 5.90. The van der Waals surface area contributed by atoms with Gasteiger partial charge in [0.1, 0.15) is 12.7 Å². The zero-order chi connectivity index (χ0) is 14.8. The third-order valence-corrected chi connectivity index (χ3v) is 3.33. The molecule has 3 aromatic rings. The molecule has 2 heterocycles. The number of rotatable bonds is 3. The minimum absolute atomic E-state index is 0.0723. The molecule has 0 saturated carbocycles. The van der Waals surface area contributed by atoms with Crippen LogP contribution < -0.4 is 11.1 Å². The molecule has 0 fully saturated rings. The Kier molecular flexibility index (Phi) is 3.67. The van der Waals surface area contributed by atoms with E-state index in [-0.39, 0.29) is 17.8 Å². The van der Waals surface area contributed by atoms with Gasteiger partial charge in [-0.1, -0.05) is 11.6 Å². The average Bonchev–Trinajstić information content (AvgIpc) is 2.95. The minimum Gasteiger partial charge on any atom is -0.368 e. The molecule has 0 aliphatic carbocycles. The van der Waals surface area contributed by atoms with Crippen LogP contribution in [0.25, 0.3) is 5.95 Å². The fraction of sp³-hybridized carbons (Fsp3) is 0. The molecular formula is C11H8BrClN8. The van der Waals surface area contributed by atoms with Crippen molar-refractivity contribution in [1.82, 2.24) is 29.7 Å². The standard InChI is InChI=1S/C11H8BrClN8/c12-7-3-6(13)1-2-8(7)17-10-18-9(14)19-11(20-10)21-5-15-4-16-21/h1-5H,(H3,14,17,18,19,20). The van der Waals surface area contributed by atoms with Gasteiger partial charge < -0.3 is 11.1 Å². The lowest BCUT2D eigenvalue weighted by atomic mass is 10.3. The SMILES string of the molecule is Nc1nc(Nc2ccc(Cl)cc2Br)nc(-n2cncn2)n1. The topological polar surface area (TPSA) is 107 Å². The summed E-state index contributed by atoms with van der Waals surface area (Å²) in [6.45, 7) is 0. The van der Waals surface area contributed by atoms with Gasteiger partial charge in [-0.05, 0) is 34.1 Å². The number of hydrogen-bond acceptors (Lipinski definition) is 7. The molecule has 0 spiro atoms. The van der Waals surface area contributed by atoms with Gasteiger partial charge in [0, 0.05) is 9.50 Å². The second kappa shape index (κ2) is 5.62. The van der Waals surface area contributed by atoms with Crippen molar-refractivity contribution in [2.45, 2.75) is 0 Å². The summed E-state index contributed by atoms with van der Waals surface area (Å²) in [4.78, 5) is 16.1. The lowest BCUT2D eigenvalue weighted by Crippen LogP contribution is -2.09. The van der Waals surface area contributed by atoms with E-state index in [1.807, 2.05) is 0 Å². The molecule has 106 valence electrons. The Bertz CT molecular complexity index is 776. The molecule has 8 nitrogen and oxygen atoms in total. The number of nitrogen functional groups attached to an aromatic ring is 1. The Morgan fingerprint density at radius 2 is 2.10 bits per heavy atom. The van der Waals surface area contributed by atoms with Crippen LogP contribution in [0, 0.1) is 0 Å². The van der Waals surface area contributed by atoms with E-state index in [4.69, 9.17) is 17.3 Å². The molecule has 1 aromatic carbocycles. The van der Waals surface area contributed by atoms with Crippen molar-refractivity contribution in [3.05, 3.63) is 40.3 Å². The molecule has 2 aromatic heterocycles. The number of benzene rings is 1. The van der Waals surface area contributed by atoms with Gasteiger partial charge in [-0.2, -0.15) is 24.7 Å². The van der Waals surface area contributed by atoms with E-state index in [9.17, 15) is 0 Å². The van der Waals surface area contributed by atoms with Crippen LogP contribution in [0.1, 0.15) is 0 Å². The Morgan fingerprint density at radius 3 is 2.81 bits per heavy atom. The maximum atomic E-state index is 5.90. The summed E-state index contributed by atoms with van der Waals surface area (Å²) in [5.74, 6) is 0.631. The molecule has 0 bridgehead atoms. The normalized spacial score (nSPS) is 10.6. The van der Waals surface area contributed by atoms with Gasteiger partial charge in [0.2, 0.25) is 11.9 Å². The summed E-state index contributed by atoms with van der Waals surface area (Å²) in [5, 5.41) is 7.60. The molecule has 21 heavy (non-hydrogen) atoms. The zero-order valence-electron chi connectivity index (χ0n) is 10.4. The fourth-order valence-electron chi connectivity index (χ4n) is 1.56. The molecular weight excluding hydrogens is 360 g/mol. The van der Waals surface area contributed by atoms with E-state index in [0.29, 0.717) is 5.02 Å². The highest BCUT2D eigenvalue weighted by atomic mass is 79.9. The summed E-state index contributed by atoms with van der Waals surface area (Å²) < 4.78 is 2.16. The molecule has 0 aliphatic rings. The van der Waals surface area contributed by atoms with Gasteiger partial charge in [0.15, 0.2) is 0 Å². The van der Waals surface area contributed by atoms with Crippen LogP contribution in [-0.2, 0) is 0 Å². The number of nitrogens with two attached hydrogens (primary N) is 1. The summed E-state index contributed by atoms with van der Waals surface area (Å²) in [5.41, 5.74) is 6.43. The van der Waals surface area contributed by atoms with Crippen LogP contribution in [-0.4, -0.2) is 29.7 Å². The van der Waals surface area contributed by atoms with Crippen LogP contribution in [0.5, 0.6) is 0 Å². The summed E-state index contributed by atoms with van der Waals surface area (Å²) >= 11 is 9.30. The van der Waals surface area contributed by atoms with Gasteiger partial charge in [0.05, 0.1) is 5.69 Å². The quantitative estimate of drug-likeness (QED) is 0.730. The Hall–Kier alpha value is -2.26. The molecule has 0 radical (unpaired) electrons. The summed E-state index contributed by atoms with van der Waals surface area (Å²) in [6.07, 6.45) is 2.85. The second-order valence-corrected chi connectivity index (χ2v) is 5.20. The average molecular weight is 368 g/mol. The van der Waals surface area contributed by atoms with Crippen LogP contribution in [0.2, 0.25) is 5.02 Å². The predicted octanol–water partition coefficient (Wildman–Crippen LogP) is 2.19. The zero-order valence-corrected chi connectivity index (χ0v) is 12.7. The van der Waals surface area contributed by atoms with Crippen molar-refractivity contribution in [2.75, 3.05) is 11.1 Å². The predicted molar refractivity (Wildman–Crippen MR) is 81.6 cm³/mol. The molecule has 0 unspecified atom stereocenters. The largest absolute Gasteiger partial charge is 0.368 e. The molecule has 0 atom stereocenters. The van der Waals surface area contributed by atoms with Crippen molar-refractivity contribution in [3.8, 4) is 5.95 Å². The monoisotopic (exact) mass is 366 g/mol. The maximum Gasteiger partial charge on any atom is 0.258 e. The molecule has 0 amide bonds. The van der Waals surface area contributed by atoms with Gasteiger partial charge in [-0.25, -0.2) is 4.98 Å². The van der Waals surface area contributed by atoms with Gasteiger partial charge in [-0.3, -0.25) is 0 Å². The van der Waals surface area contributed by atoms with Crippen LogP contribution in [0.3, 0.4) is 0 Å². The van der Waals surface area contributed by atoms with Crippen LogP contribution in [0.4, 0.5) is 17.6 Å². The van der Waals surface area contributed by atoms with Crippen LogP contribution in [0.15, 0.2) is 35.3 Å². The Morgan fingerprint density at radius 1 is 1.24 bits per heavy atom. The van der Waals surface area contributed by atoms with Crippen molar-refractivity contribution >= 4 is 45.1 Å². The third-order valence-electron chi connectivity index (χ3n) is 2.44. The number of nitrogens with one attached hydrogen (secondary N) is 1. The Balaban J connectivity index is 1.95. The summed E-state index contributed by atoms with van der Waals surface area (Å²) in [6, 6.07) is 5.30. The lowest BCUT2D eigenvalue weighted by molar-refractivity contribution is 0.800. The fourth-order valence-corrected chi connectivity index (χ4v) is 2.34. The number of aromatic nitrogens is 6. The number of halogens is 2. The van der Waals surface area contributed by atoms with Crippen molar-refractivity contribution < 1.29 is 0 Å². The van der Waals surface area contributed by atoms with Gasteiger partial charge >= 0.3 is 0 Å². The second-order valence-electron chi connectivity index (χ2n) is 3.91. The third kappa shape index (κ3) is 3.09. The van der Waals surface area contributed by atoms with Crippen molar-refractivity contribution in [2.24, 2.45) is 0 Å². The minimum atomic E-state index is 0.0723. The van der Waals surface area contributed by atoms with Gasteiger partial charge in [0.25, 0.3) is 5.95 Å². The van der Waals surface area contributed by atoms with E-state index in [1.165, 1.54) is 17.3 Å². The molecule has 0 aliphatic heterocycles. The van der Waals surface area contributed by atoms with Crippen molar-refractivity contribution in [1.29, 1.82) is 0 Å². The van der Waals surface area contributed by atoms with E-state index < -0.39 is 0 Å². The van der Waals surface area contributed by atoms with E-state index >= 15 is 0 Å². The first-order valence-electron chi connectivity index (χ1n) is 5.70. The number of anilines is 3. The highest BCUT2D eigenvalue weighted by Gasteiger charge is 2.09. The van der Waals surface area contributed by atoms with E-state index in [2.05, 4.69) is 46.3 Å². The molecule has 3 N–H and O–H groups in total. The van der Waals surface area contributed by atoms with E-state index in [1.54, 1.807) is 18.2 Å². The Labute approximate surface area is 132 Å². The van der Waals surface area contributed by atoms with E-state index in [0.717, 1.165) is 10.2 Å². The summed E-state index contributed by atoms with van der Waals surface area (Å²) in [7, 11) is 0.